The van der Waals surface area contributed by atoms with Gasteiger partial charge in [0.25, 0.3) is 0 Å². The number of imide groups is 1. The standard InChI is InChI=1S/C15H19Br2NO4/c1-5(2)3-8(15(21)22)18-13(19)9-6-4-7(10(9)14(18)20)12(17)11(6)16/h5-12H,3-4H2,1-2H3,(H,21,22)/t6-,7+,8-,9+,10-,11-,12+/m0/s1. The van der Waals surface area contributed by atoms with Gasteiger partial charge in [-0.25, -0.2) is 4.79 Å². The molecule has 0 aromatic rings. The fraction of sp³-hybridized carbons (Fsp3) is 0.800. The molecular formula is C15H19Br2NO4. The summed E-state index contributed by atoms with van der Waals surface area (Å²) in [6.45, 7) is 3.79. The molecule has 3 rings (SSSR count). The smallest absolute Gasteiger partial charge is 0.326 e. The first-order valence-corrected chi connectivity index (χ1v) is 9.46. The van der Waals surface area contributed by atoms with Crippen molar-refractivity contribution in [1.82, 2.24) is 4.90 Å². The second-order valence-corrected chi connectivity index (χ2v) is 9.15. The molecule has 3 fully saturated rings. The lowest BCUT2D eigenvalue weighted by Gasteiger charge is -2.28. The average Bonchev–Trinajstić information content (AvgIpc) is 3.02. The molecule has 5 nitrogen and oxygen atoms in total. The maximum atomic E-state index is 12.8. The monoisotopic (exact) mass is 435 g/mol. The first-order chi connectivity index (χ1) is 10.3. The number of alkyl halides is 2. The van der Waals surface area contributed by atoms with Crippen molar-refractivity contribution in [2.45, 2.75) is 42.4 Å². The number of nitrogens with zero attached hydrogens (tertiary/aromatic N) is 1. The van der Waals surface area contributed by atoms with Gasteiger partial charge in [-0.05, 0) is 30.6 Å². The van der Waals surface area contributed by atoms with Gasteiger partial charge >= 0.3 is 5.97 Å². The molecule has 2 bridgehead atoms. The van der Waals surface area contributed by atoms with Gasteiger partial charge in [-0.1, -0.05) is 45.7 Å². The van der Waals surface area contributed by atoms with E-state index >= 15 is 0 Å². The summed E-state index contributed by atoms with van der Waals surface area (Å²) in [6, 6.07) is -1.03. The predicted molar refractivity (Wildman–Crippen MR) is 86.7 cm³/mol. The maximum absolute atomic E-state index is 12.8. The van der Waals surface area contributed by atoms with Crippen LogP contribution >= 0.6 is 31.9 Å². The Bertz CT molecular complexity index is 506. The third kappa shape index (κ3) is 2.19. The van der Waals surface area contributed by atoms with Crippen LogP contribution in [0, 0.1) is 29.6 Å². The Labute approximate surface area is 146 Å². The number of halogens is 2. The van der Waals surface area contributed by atoms with Crippen LogP contribution in [0.2, 0.25) is 0 Å². The Morgan fingerprint density at radius 3 is 2.00 bits per heavy atom. The van der Waals surface area contributed by atoms with Crippen LogP contribution in [0.1, 0.15) is 26.7 Å². The van der Waals surface area contributed by atoms with E-state index < -0.39 is 12.0 Å². The quantitative estimate of drug-likeness (QED) is 0.541. The summed E-state index contributed by atoms with van der Waals surface area (Å²) in [6.07, 6.45) is 1.16. The molecule has 1 aliphatic heterocycles. The number of hydrogen-bond donors (Lipinski definition) is 1. The minimum absolute atomic E-state index is 0.103. The number of hydrogen-bond acceptors (Lipinski definition) is 3. The highest BCUT2D eigenvalue weighted by molar-refractivity contribution is 9.12. The molecule has 0 unspecified atom stereocenters. The van der Waals surface area contributed by atoms with Crippen LogP contribution < -0.4 is 0 Å². The van der Waals surface area contributed by atoms with Crippen LogP contribution in [0.4, 0.5) is 0 Å². The molecule has 22 heavy (non-hydrogen) atoms. The van der Waals surface area contributed by atoms with E-state index in [0.29, 0.717) is 6.42 Å². The Balaban J connectivity index is 1.92. The highest BCUT2D eigenvalue weighted by Gasteiger charge is 2.67. The molecule has 3 aliphatic rings. The molecule has 1 heterocycles. The average molecular weight is 437 g/mol. The second-order valence-electron chi connectivity index (χ2n) is 7.03. The zero-order valence-corrected chi connectivity index (χ0v) is 15.6. The van der Waals surface area contributed by atoms with Crippen molar-refractivity contribution in [3.63, 3.8) is 0 Å². The first-order valence-electron chi connectivity index (χ1n) is 7.63. The molecule has 2 amide bonds. The topological polar surface area (TPSA) is 74.7 Å². The molecule has 0 aromatic carbocycles. The van der Waals surface area contributed by atoms with Crippen molar-refractivity contribution < 1.29 is 19.5 Å². The Hall–Kier alpha value is -0.430. The molecule has 7 atom stereocenters. The lowest BCUT2D eigenvalue weighted by atomic mass is 9.81. The SMILES string of the molecule is CC(C)C[C@@H](C(=O)O)N1C(=O)[C@@H]2[C@@H]3C[C@@H]([C@@H](Br)[C@H]3Br)[C@@H]2C1=O. The number of carbonyl (C=O) groups excluding carboxylic acids is 2. The van der Waals surface area contributed by atoms with Crippen molar-refractivity contribution >= 4 is 49.6 Å². The van der Waals surface area contributed by atoms with E-state index in [9.17, 15) is 19.5 Å². The summed E-state index contributed by atoms with van der Waals surface area (Å²) in [5.74, 6) is -1.99. The van der Waals surface area contributed by atoms with E-state index in [2.05, 4.69) is 31.9 Å². The predicted octanol–water partition coefficient (Wildman–Crippen LogP) is 2.26. The number of aliphatic carboxylic acids is 1. The number of carboxylic acid groups (broad SMARTS) is 1. The van der Waals surface area contributed by atoms with E-state index in [1.54, 1.807) is 0 Å². The van der Waals surface area contributed by atoms with E-state index in [4.69, 9.17) is 0 Å². The molecule has 0 aromatic heterocycles. The van der Waals surface area contributed by atoms with Gasteiger partial charge in [0.15, 0.2) is 0 Å². The van der Waals surface area contributed by atoms with Gasteiger partial charge < -0.3 is 5.11 Å². The summed E-state index contributed by atoms with van der Waals surface area (Å²) in [5, 5.41) is 9.47. The molecule has 2 saturated carbocycles. The molecule has 0 radical (unpaired) electrons. The Morgan fingerprint density at radius 1 is 1.18 bits per heavy atom. The minimum atomic E-state index is -1.09. The van der Waals surface area contributed by atoms with Crippen LogP contribution in [0.15, 0.2) is 0 Å². The fourth-order valence-electron chi connectivity index (χ4n) is 4.44. The maximum Gasteiger partial charge on any atom is 0.326 e. The lowest BCUT2D eigenvalue weighted by Crippen LogP contribution is -2.47. The van der Waals surface area contributed by atoms with E-state index in [1.165, 1.54) is 0 Å². The number of carbonyl (C=O) groups is 3. The molecule has 1 saturated heterocycles. The summed E-state index contributed by atoms with van der Waals surface area (Å²) < 4.78 is 0. The second kappa shape index (κ2) is 5.58. The molecular weight excluding hydrogens is 418 g/mol. The van der Waals surface area contributed by atoms with Crippen LogP contribution in [0.25, 0.3) is 0 Å². The van der Waals surface area contributed by atoms with Crippen LogP contribution in [0.3, 0.4) is 0 Å². The van der Waals surface area contributed by atoms with Crippen molar-refractivity contribution in [3.8, 4) is 0 Å². The number of fused-ring (bicyclic) bond motifs is 5. The van der Waals surface area contributed by atoms with Crippen molar-refractivity contribution in [2.75, 3.05) is 0 Å². The van der Waals surface area contributed by atoms with Gasteiger partial charge in [-0.15, -0.1) is 0 Å². The van der Waals surface area contributed by atoms with Gasteiger partial charge in [0.1, 0.15) is 6.04 Å². The van der Waals surface area contributed by atoms with Gasteiger partial charge in [0.2, 0.25) is 11.8 Å². The van der Waals surface area contributed by atoms with Crippen LogP contribution in [-0.2, 0) is 14.4 Å². The lowest BCUT2D eigenvalue weighted by molar-refractivity contribution is -0.156. The molecule has 2 aliphatic carbocycles. The van der Waals surface area contributed by atoms with E-state index in [-0.39, 0.29) is 51.1 Å². The van der Waals surface area contributed by atoms with Gasteiger partial charge in [0.05, 0.1) is 11.8 Å². The van der Waals surface area contributed by atoms with E-state index in [1.807, 2.05) is 13.8 Å². The largest absolute Gasteiger partial charge is 0.480 e. The molecule has 1 N–H and O–H groups in total. The summed E-state index contributed by atoms with van der Waals surface area (Å²) in [7, 11) is 0. The molecule has 0 spiro atoms. The zero-order chi connectivity index (χ0) is 16.3. The summed E-state index contributed by atoms with van der Waals surface area (Å²) >= 11 is 7.25. The molecule has 122 valence electrons. The van der Waals surface area contributed by atoms with Crippen molar-refractivity contribution in [2.24, 2.45) is 29.6 Å². The fourth-order valence-corrected chi connectivity index (χ4v) is 6.32. The summed E-state index contributed by atoms with van der Waals surface area (Å²) in [5.41, 5.74) is 0. The normalized spacial score (nSPS) is 41.4. The first kappa shape index (κ1) is 16.4. The van der Waals surface area contributed by atoms with Crippen molar-refractivity contribution in [1.29, 1.82) is 0 Å². The Kier molecular flexibility index (Phi) is 4.17. The highest BCUT2D eigenvalue weighted by Crippen LogP contribution is 2.60. The van der Waals surface area contributed by atoms with Gasteiger partial charge in [-0.2, -0.15) is 0 Å². The van der Waals surface area contributed by atoms with Crippen LogP contribution in [0.5, 0.6) is 0 Å². The third-order valence-electron chi connectivity index (χ3n) is 5.31. The van der Waals surface area contributed by atoms with Gasteiger partial charge in [0, 0.05) is 9.65 Å². The number of likely N-dealkylation sites (tertiary alicyclic amines) is 1. The van der Waals surface area contributed by atoms with Gasteiger partial charge in [-0.3, -0.25) is 14.5 Å². The minimum Gasteiger partial charge on any atom is -0.480 e. The third-order valence-corrected chi connectivity index (χ3v) is 8.52. The number of rotatable bonds is 4. The van der Waals surface area contributed by atoms with E-state index in [0.717, 1.165) is 11.3 Å². The number of carboxylic acids is 1. The van der Waals surface area contributed by atoms with Crippen molar-refractivity contribution in [3.05, 3.63) is 0 Å². The Morgan fingerprint density at radius 2 is 1.64 bits per heavy atom. The molecule has 7 heteroatoms. The highest BCUT2D eigenvalue weighted by atomic mass is 79.9. The zero-order valence-electron chi connectivity index (χ0n) is 12.4. The van der Waals surface area contributed by atoms with Crippen LogP contribution in [-0.4, -0.2) is 43.5 Å². The summed E-state index contributed by atoms with van der Waals surface area (Å²) in [4.78, 5) is 38.5. The number of amides is 2.